The Morgan fingerprint density at radius 3 is 1.03 bits per heavy atom. The van der Waals surface area contributed by atoms with Crippen LogP contribution in [0.1, 0.15) is 144 Å². The summed E-state index contributed by atoms with van der Waals surface area (Å²) < 4.78 is 33.5. The number of phosphoric ester groups is 1. The van der Waals surface area contributed by atoms with Crippen LogP contribution in [0.2, 0.25) is 0 Å². The second-order valence-electron chi connectivity index (χ2n) is 10.5. The monoisotopic (exact) mass is 524 g/mol. The van der Waals surface area contributed by atoms with Crippen LogP contribution in [0.15, 0.2) is 0 Å². The van der Waals surface area contributed by atoms with Gasteiger partial charge in [-0.2, -0.15) is 0 Å². The Bertz CT molecular complexity index is 447. The molecular formula is C28H62O4P2. The Hall–Kier alpha value is 0.540. The molecule has 0 saturated carbocycles. The van der Waals surface area contributed by atoms with E-state index in [-0.39, 0.29) is 0 Å². The average Bonchev–Trinajstić information content (AvgIpc) is 2.80. The summed E-state index contributed by atoms with van der Waals surface area (Å²) in [6, 6.07) is 0. The Labute approximate surface area is 214 Å². The molecule has 0 bridgehead atoms. The minimum absolute atomic E-state index is 0.459. The molecule has 6 heteroatoms. The van der Waals surface area contributed by atoms with Gasteiger partial charge < -0.3 is 0 Å². The van der Waals surface area contributed by atoms with Crippen molar-refractivity contribution < 1.29 is 17.9 Å². The molecule has 34 heavy (non-hydrogen) atoms. The van der Waals surface area contributed by atoms with Crippen molar-refractivity contribution >= 4 is 14.7 Å². The summed E-state index contributed by atoms with van der Waals surface area (Å²) in [5, 5.41) is 0. The third kappa shape index (κ3) is 14.3. The van der Waals surface area contributed by atoms with Gasteiger partial charge in [0.2, 0.25) is 0 Å². The second-order valence-corrected chi connectivity index (χ2v) is 18.1. The van der Waals surface area contributed by atoms with E-state index in [0.29, 0.717) is 13.2 Å². The first-order valence-corrected chi connectivity index (χ1v) is 19.4. The summed E-state index contributed by atoms with van der Waals surface area (Å²) in [4.78, 5) is 0. The molecule has 0 aliphatic carbocycles. The van der Waals surface area contributed by atoms with Gasteiger partial charge in [0.15, 0.2) is 0 Å². The predicted octanol–water partition coefficient (Wildman–Crippen LogP) is 11.0. The van der Waals surface area contributed by atoms with E-state index in [1.807, 2.05) is 0 Å². The fourth-order valence-corrected chi connectivity index (χ4v) is 15.1. The molecule has 0 aromatic rings. The fourth-order valence-electron chi connectivity index (χ4n) is 4.89. The molecule has 0 aromatic heterocycles. The zero-order chi connectivity index (χ0) is 25.6. The van der Waals surface area contributed by atoms with Crippen molar-refractivity contribution in [3.05, 3.63) is 0 Å². The Morgan fingerprint density at radius 1 is 0.471 bits per heavy atom. The van der Waals surface area contributed by atoms with Crippen molar-refractivity contribution in [1.82, 2.24) is 0 Å². The van der Waals surface area contributed by atoms with Gasteiger partial charge in [-0.3, -0.25) is 0 Å². The Kier molecular flexibility index (Phi) is 20.9. The summed E-state index contributed by atoms with van der Waals surface area (Å²) >= 11 is 0. The van der Waals surface area contributed by atoms with Gasteiger partial charge in [0.05, 0.1) is 0 Å². The summed E-state index contributed by atoms with van der Waals surface area (Å²) in [7, 11) is -3.60. The van der Waals surface area contributed by atoms with Crippen LogP contribution < -0.4 is 0 Å². The van der Waals surface area contributed by atoms with Crippen LogP contribution in [-0.4, -0.2) is 37.9 Å². The van der Waals surface area contributed by atoms with Gasteiger partial charge in [-0.05, 0) is 0 Å². The third-order valence-electron chi connectivity index (χ3n) is 7.13. The molecular weight excluding hydrogens is 462 g/mol. The Balaban J connectivity index is 6.33. The molecule has 4 nitrogen and oxygen atoms in total. The quantitative estimate of drug-likeness (QED) is 0.0833. The van der Waals surface area contributed by atoms with Crippen LogP contribution in [0.5, 0.6) is 0 Å². The molecule has 0 rings (SSSR count). The SMILES string of the molecule is CCCCCP(CCCCC)(CCCCC)(CCCCC)OP(=O)(OCCCC)OCCCC. The average molecular weight is 525 g/mol. The standard InChI is InChI=1S/C28H62O4P2/c1-7-13-19-25-34(26-20-14-8-2,27-21-15-9-3,28-22-16-10-4)32-33(29,30-23-17-11-5)31-24-18-12-6/h7-28H2,1-6H3. The van der Waals surface area contributed by atoms with Crippen molar-refractivity contribution in [3.8, 4) is 0 Å². The van der Waals surface area contributed by atoms with E-state index >= 15 is 0 Å². The van der Waals surface area contributed by atoms with Crippen LogP contribution in [0.3, 0.4) is 0 Å². The molecule has 0 N–H and O–H groups in total. The maximum atomic E-state index is 14.3. The van der Waals surface area contributed by atoms with E-state index in [9.17, 15) is 4.57 Å². The molecule has 0 aliphatic rings. The predicted molar refractivity (Wildman–Crippen MR) is 155 cm³/mol. The van der Waals surface area contributed by atoms with Gasteiger partial charge in [0.25, 0.3) is 0 Å². The summed E-state index contributed by atoms with van der Waals surface area (Å²) in [5.74, 6) is 0. The van der Waals surface area contributed by atoms with Gasteiger partial charge in [0.1, 0.15) is 0 Å². The second kappa shape index (κ2) is 20.6. The van der Waals surface area contributed by atoms with E-state index in [4.69, 9.17) is 13.4 Å². The molecule has 0 spiro atoms. The van der Waals surface area contributed by atoms with Crippen LogP contribution in [0, 0.1) is 0 Å². The maximum absolute atomic E-state index is 14.3. The number of hydrogen-bond donors (Lipinski definition) is 0. The van der Waals surface area contributed by atoms with E-state index in [2.05, 4.69) is 41.5 Å². The summed E-state index contributed by atoms with van der Waals surface area (Å²) in [6.07, 6.45) is 22.5. The van der Waals surface area contributed by atoms with Gasteiger partial charge in [-0.1, -0.05) is 0 Å². The number of phosphoric acid groups is 1. The molecule has 0 fully saturated rings. The van der Waals surface area contributed by atoms with E-state index in [1.165, 1.54) is 77.0 Å². The Morgan fingerprint density at radius 2 is 0.765 bits per heavy atom. The molecule has 0 heterocycles. The molecule has 0 saturated heterocycles. The van der Waals surface area contributed by atoms with Crippen LogP contribution >= 0.6 is 14.7 Å². The van der Waals surface area contributed by atoms with Crippen LogP contribution in [0.25, 0.3) is 0 Å². The topological polar surface area (TPSA) is 44.8 Å². The first-order chi connectivity index (χ1) is 16.4. The molecule has 0 amide bonds. The van der Waals surface area contributed by atoms with E-state index in [0.717, 1.165) is 50.3 Å². The van der Waals surface area contributed by atoms with Crippen molar-refractivity contribution in [3.63, 3.8) is 0 Å². The number of unbranched alkanes of at least 4 members (excludes halogenated alkanes) is 10. The summed E-state index contributed by atoms with van der Waals surface area (Å²) in [5.41, 5.74) is 0. The number of rotatable bonds is 26. The van der Waals surface area contributed by atoms with Crippen LogP contribution in [-0.2, 0) is 17.9 Å². The van der Waals surface area contributed by atoms with Crippen LogP contribution in [0.4, 0.5) is 0 Å². The van der Waals surface area contributed by atoms with Gasteiger partial charge in [0, 0.05) is 0 Å². The molecule has 0 radical (unpaired) electrons. The third-order valence-corrected chi connectivity index (χ3v) is 16.6. The fraction of sp³-hybridized carbons (Fsp3) is 1.00. The van der Waals surface area contributed by atoms with E-state index < -0.39 is 14.7 Å². The zero-order valence-electron chi connectivity index (χ0n) is 24.1. The molecule has 208 valence electrons. The molecule has 0 unspecified atom stereocenters. The minimum atomic E-state index is -3.60. The normalized spacial score (nSPS) is 13.8. The first kappa shape index (κ1) is 34.5. The van der Waals surface area contributed by atoms with Crippen molar-refractivity contribution in [2.45, 2.75) is 144 Å². The van der Waals surface area contributed by atoms with Crippen molar-refractivity contribution in [2.75, 3.05) is 37.9 Å². The zero-order valence-corrected chi connectivity index (χ0v) is 25.9. The van der Waals surface area contributed by atoms with E-state index in [1.54, 1.807) is 0 Å². The first-order valence-electron chi connectivity index (χ1n) is 15.0. The molecule has 0 aliphatic heterocycles. The number of hydrogen-bond acceptors (Lipinski definition) is 4. The molecule has 0 aromatic carbocycles. The van der Waals surface area contributed by atoms with Crippen molar-refractivity contribution in [2.24, 2.45) is 0 Å². The van der Waals surface area contributed by atoms with Gasteiger partial charge >= 0.3 is 215 Å². The van der Waals surface area contributed by atoms with Crippen molar-refractivity contribution in [1.29, 1.82) is 0 Å². The summed E-state index contributed by atoms with van der Waals surface area (Å²) in [6.45, 7) is 11.5. The van der Waals surface area contributed by atoms with Gasteiger partial charge in [-0.15, -0.1) is 0 Å². The van der Waals surface area contributed by atoms with Gasteiger partial charge in [-0.25, -0.2) is 0 Å². The molecule has 0 atom stereocenters.